The van der Waals surface area contributed by atoms with E-state index in [9.17, 15) is 8.42 Å². The van der Waals surface area contributed by atoms with Gasteiger partial charge in [0.05, 0.1) is 12.4 Å². The summed E-state index contributed by atoms with van der Waals surface area (Å²) in [6.07, 6.45) is 0. The van der Waals surface area contributed by atoms with Gasteiger partial charge in [-0.25, -0.2) is 13.1 Å². The molecule has 16 heavy (non-hydrogen) atoms. The van der Waals surface area contributed by atoms with Gasteiger partial charge in [-0.2, -0.15) is 0 Å². The fourth-order valence-electron chi connectivity index (χ4n) is 1.49. The Morgan fingerprint density at radius 2 is 1.88 bits per heavy atom. The number of nitrogens with zero attached hydrogens (tertiary/aromatic N) is 1. The molecule has 6 heteroatoms. The zero-order valence-electron chi connectivity index (χ0n) is 10.7. The van der Waals surface area contributed by atoms with E-state index in [2.05, 4.69) is 23.5 Å². The molecule has 0 rings (SSSR count). The Labute approximate surface area is 99.2 Å². The summed E-state index contributed by atoms with van der Waals surface area (Å²) in [5.41, 5.74) is 0. The quantitative estimate of drug-likeness (QED) is 0.640. The minimum Gasteiger partial charge on any atom is -0.384 e. The van der Waals surface area contributed by atoms with Crippen molar-refractivity contribution in [3.63, 3.8) is 0 Å². The van der Waals surface area contributed by atoms with E-state index in [0.717, 1.165) is 13.1 Å². The molecule has 0 aromatic carbocycles. The van der Waals surface area contributed by atoms with E-state index in [4.69, 9.17) is 4.74 Å². The van der Waals surface area contributed by atoms with E-state index in [1.807, 2.05) is 6.92 Å². The van der Waals surface area contributed by atoms with Crippen LogP contribution in [0.4, 0.5) is 0 Å². The standard InChI is InChI=1S/C10H24N2O3S/c1-5-12(6-2)10(3)9-11-16(13,14)8-7-15-4/h10-11H,5-9H2,1-4H3. The highest BCUT2D eigenvalue weighted by Gasteiger charge is 2.14. The Morgan fingerprint density at radius 3 is 2.31 bits per heavy atom. The molecule has 0 aliphatic rings. The van der Waals surface area contributed by atoms with Crippen molar-refractivity contribution >= 4 is 10.0 Å². The van der Waals surface area contributed by atoms with Gasteiger partial charge in [-0.3, -0.25) is 4.90 Å². The molecular formula is C10H24N2O3S. The van der Waals surface area contributed by atoms with Crippen LogP contribution in [0, 0.1) is 0 Å². The zero-order chi connectivity index (χ0) is 12.6. The van der Waals surface area contributed by atoms with Crippen molar-refractivity contribution in [3.8, 4) is 0 Å². The van der Waals surface area contributed by atoms with Crippen molar-refractivity contribution in [1.82, 2.24) is 9.62 Å². The van der Waals surface area contributed by atoms with Crippen molar-refractivity contribution < 1.29 is 13.2 Å². The predicted molar refractivity (Wildman–Crippen MR) is 66.0 cm³/mol. The first-order valence-corrected chi connectivity index (χ1v) is 7.32. The van der Waals surface area contributed by atoms with Crippen molar-refractivity contribution in [1.29, 1.82) is 0 Å². The normalized spacial score (nSPS) is 14.3. The van der Waals surface area contributed by atoms with E-state index in [1.165, 1.54) is 7.11 Å². The average Bonchev–Trinajstić information content (AvgIpc) is 2.25. The minimum absolute atomic E-state index is 0.0223. The van der Waals surface area contributed by atoms with Crippen LogP contribution >= 0.6 is 0 Å². The topological polar surface area (TPSA) is 58.6 Å². The molecule has 1 unspecified atom stereocenters. The van der Waals surface area contributed by atoms with Crippen LogP contribution in [0.2, 0.25) is 0 Å². The van der Waals surface area contributed by atoms with Gasteiger partial charge in [0.2, 0.25) is 10.0 Å². The Bertz CT molecular complexity index is 263. The van der Waals surface area contributed by atoms with Gasteiger partial charge in [0.1, 0.15) is 0 Å². The molecule has 0 saturated heterocycles. The summed E-state index contributed by atoms with van der Waals surface area (Å²) in [6.45, 7) is 8.70. The monoisotopic (exact) mass is 252 g/mol. The Kier molecular flexibility index (Phi) is 7.91. The maximum absolute atomic E-state index is 11.5. The van der Waals surface area contributed by atoms with Crippen LogP contribution in [0.15, 0.2) is 0 Å². The van der Waals surface area contributed by atoms with E-state index in [-0.39, 0.29) is 18.4 Å². The highest BCUT2D eigenvalue weighted by Crippen LogP contribution is 1.97. The molecule has 0 aromatic rings. The summed E-state index contributed by atoms with van der Waals surface area (Å²) >= 11 is 0. The molecule has 0 saturated carbocycles. The number of methoxy groups -OCH3 is 1. The van der Waals surface area contributed by atoms with E-state index < -0.39 is 10.0 Å². The molecule has 98 valence electrons. The molecule has 1 N–H and O–H groups in total. The third-order valence-corrected chi connectivity index (χ3v) is 3.90. The van der Waals surface area contributed by atoms with Gasteiger partial charge in [0.15, 0.2) is 0 Å². The van der Waals surface area contributed by atoms with Crippen LogP contribution in [0.3, 0.4) is 0 Å². The Hall–Kier alpha value is -0.170. The average molecular weight is 252 g/mol. The molecular weight excluding hydrogens is 228 g/mol. The molecule has 0 fully saturated rings. The maximum Gasteiger partial charge on any atom is 0.213 e. The van der Waals surface area contributed by atoms with Crippen LogP contribution in [-0.4, -0.2) is 58.5 Å². The lowest BCUT2D eigenvalue weighted by Crippen LogP contribution is -2.42. The van der Waals surface area contributed by atoms with Gasteiger partial charge in [-0.15, -0.1) is 0 Å². The molecule has 5 nitrogen and oxygen atoms in total. The summed E-state index contributed by atoms with van der Waals surface area (Å²) in [5, 5.41) is 0. The van der Waals surface area contributed by atoms with E-state index in [1.54, 1.807) is 0 Å². The lowest BCUT2D eigenvalue weighted by molar-refractivity contribution is 0.216. The summed E-state index contributed by atoms with van der Waals surface area (Å²) < 4.78 is 30.3. The molecule has 0 aliphatic carbocycles. The second-order valence-electron chi connectivity index (χ2n) is 3.73. The smallest absolute Gasteiger partial charge is 0.213 e. The maximum atomic E-state index is 11.5. The minimum atomic E-state index is -3.19. The Morgan fingerprint density at radius 1 is 1.31 bits per heavy atom. The second kappa shape index (κ2) is 8.00. The molecule has 0 spiro atoms. The van der Waals surface area contributed by atoms with Gasteiger partial charge >= 0.3 is 0 Å². The van der Waals surface area contributed by atoms with Crippen LogP contribution in [0.25, 0.3) is 0 Å². The fourth-order valence-corrected chi connectivity index (χ4v) is 2.51. The lowest BCUT2D eigenvalue weighted by atomic mass is 10.3. The Balaban J connectivity index is 4.03. The first kappa shape index (κ1) is 15.8. The van der Waals surface area contributed by atoms with Crippen LogP contribution in [0.5, 0.6) is 0 Å². The molecule has 0 aromatic heterocycles. The summed E-state index contributed by atoms with van der Waals surface area (Å²) in [5.74, 6) is 0.0223. The van der Waals surface area contributed by atoms with E-state index >= 15 is 0 Å². The number of rotatable bonds is 9. The number of likely N-dealkylation sites (N-methyl/N-ethyl adjacent to an activating group) is 1. The molecule has 1 atom stereocenters. The summed E-state index contributed by atoms with van der Waals surface area (Å²) in [6, 6.07) is 0.215. The van der Waals surface area contributed by atoms with Gasteiger partial charge in [-0.05, 0) is 20.0 Å². The molecule has 0 heterocycles. The second-order valence-corrected chi connectivity index (χ2v) is 5.66. The SMILES string of the molecule is CCN(CC)C(C)CNS(=O)(=O)CCOC. The first-order valence-electron chi connectivity index (χ1n) is 5.67. The van der Waals surface area contributed by atoms with Crippen LogP contribution < -0.4 is 4.72 Å². The first-order chi connectivity index (χ1) is 7.46. The molecule has 0 amide bonds. The highest BCUT2D eigenvalue weighted by atomic mass is 32.2. The van der Waals surface area contributed by atoms with Crippen molar-refractivity contribution in [2.24, 2.45) is 0 Å². The number of hydrogen-bond acceptors (Lipinski definition) is 4. The van der Waals surface area contributed by atoms with Crippen LogP contribution in [0.1, 0.15) is 20.8 Å². The summed E-state index contributed by atoms with van der Waals surface area (Å²) in [7, 11) is -1.70. The molecule has 0 radical (unpaired) electrons. The fraction of sp³-hybridized carbons (Fsp3) is 1.00. The molecule has 0 aliphatic heterocycles. The number of nitrogens with one attached hydrogen (secondary N) is 1. The van der Waals surface area contributed by atoms with Gasteiger partial charge in [0, 0.05) is 19.7 Å². The van der Waals surface area contributed by atoms with Gasteiger partial charge in [-0.1, -0.05) is 13.8 Å². The third-order valence-electron chi connectivity index (χ3n) is 2.59. The van der Waals surface area contributed by atoms with Gasteiger partial charge < -0.3 is 4.74 Å². The number of ether oxygens (including phenoxy) is 1. The lowest BCUT2D eigenvalue weighted by Gasteiger charge is -2.26. The molecule has 0 bridgehead atoms. The highest BCUT2D eigenvalue weighted by molar-refractivity contribution is 7.89. The van der Waals surface area contributed by atoms with Crippen molar-refractivity contribution in [2.45, 2.75) is 26.8 Å². The van der Waals surface area contributed by atoms with Crippen LogP contribution in [-0.2, 0) is 14.8 Å². The zero-order valence-corrected chi connectivity index (χ0v) is 11.5. The largest absolute Gasteiger partial charge is 0.384 e. The predicted octanol–water partition coefficient (Wildman–Crippen LogP) is 0.283. The van der Waals surface area contributed by atoms with Crippen molar-refractivity contribution in [2.75, 3.05) is 39.1 Å². The number of sulfonamides is 1. The van der Waals surface area contributed by atoms with E-state index in [0.29, 0.717) is 6.54 Å². The summed E-state index contributed by atoms with van der Waals surface area (Å²) in [4.78, 5) is 2.21. The number of hydrogen-bond donors (Lipinski definition) is 1. The third kappa shape index (κ3) is 6.42. The van der Waals surface area contributed by atoms with Crippen molar-refractivity contribution in [3.05, 3.63) is 0 Å². The van der Waals surface area contributed by atoms with Gasteiger partial charge in [0.25, 0.3) is 0 Å².